The third kappa shape index (κ3) is 3.75. The Bertz CT molecular complexity index is 745. The third-order valence-electron chi connectivity index (χ3n) is 5.35. The zero-order chi connectivity index (χ0) is 18.1. The maximum absolute atomic E-state index is 13.2. The van der Waals surface area contributed by atoms with Crippen LogP contribution in [0.3, 0.4) is 0 Å². The van der Waals surface area contributed by atoms with E-state index in [0.29, 0.717) is 25.2 Å². The van der Waals surface area contributed by atoms with E-state index >= 15 is 0 Å². The molecule has 0 unspecified atom stereocenters. The van der Waals surface area contributed by atoms with Crippen molar-refractivity contribution in [2.75, 3.05) is 0 Å². The first kappa shape index (κ1) is 17.6. The van der Waals surface area contributed by atoms with Crippen molar-refractivity contribution < 1.29 is 13.6 Å². The van der Waals surface area contributed by atoms with Crippen LogP contribution in [0.4, 0.5) is 4.39 Å². The molecule has 5 heteroatoms. The molecule has 1 amide bonds. The highest BCUT2D eigenvalue weighted by molar-refractivity contribution is 5.77. The number of nitrogens with one attached hydrogen (secondary N) is 1. The average molecular weight is 344 g/mol. The fourth-order valence-corrected chi connectivity index (χ4v) is 3.42. The molecule has 0 aliphatic heterocycles. The molecule has 0 radical (unpaired) electrons. The summed E-state index contributed by atoms with van der Waals surface area (Å²) in [7, 11) is 0. The summed E-state index contributed by atoms with van der Waals surface area (Å²) in [5, 5.41) is 3.23. The van der Waals surface area contributed by atoms with Gasteiger partial charge in [0.25, 0.3) is 0 Å². The number of aromatic nitrogens is 1. The predicted octanol–water partition coefficient (Wildman–Crippen LogP) is 4.07. The molecule has 1 heterocycles. The standard InChI is InChI=1S/C20H25FN2O2/c1-14-13-22-18(25-14)6-4-5-17(24)23-20(11-12-20)19(2,3)15-7-9-16(21)10-8-15/h7-10,13H,4-6,11-12H2,1-3H3,(H,23,24). The number of aryl methyl sites for hydroxylation is 2. The minimum atomic E-state index is -0.241. The summed E-state index contributed by atoms with van der Waals surface area (Å²) in [4.78, 5) is 16.6. The SMILES string of the molecule is Cc1cnc(CCCC(=O)NC2(C(C)(C)c3ccc(F)cc3)CC2)o1. The van der Waals surface area contributed by atoms with Crippen molar-refractivity contribution in [3.05, 3.63) is 53.5 Å². The van der Waals surface area contributed by atoms with Gasteiger partial charge >= 0.3 is 0 Å². The molecule has 0 bridgehead atoms. The smallest absolute Gasteiger partial charge is 0.220 e. The van der Waals surface area contributed by atoms with Gasteiger partial charge in [0, 0.05) is 23.8 Å². The van der Waals surface area contributed by atoms with Crippen LogP contribution in [0.1, 0.15) is 56.7 Å². The van der Waals surface area contributed by atoms with Crippen molar-refractivity contribution >= 4 is 5.91 Å². The van der Waals surface area contributed by atoms with Crippen molar-refractivity contribution in [1.29, 1.82) is 0 Å². The van der Waals surface area contributed by atoms with Gasteiger partial charge in [-0.05, 0) is 43.9 Å². The molecular formula is C20H25FN2O2. The highest BCUT2D eigenvalue weighted by Crippen LogP contribution is 2.51. The number of benzene rings is 1. The van der Waals surface area contributed by atoms with Gasteiger partial charge in [-0.3, -0.25) is 4.79 Å². The van der Waals surface area contributed by atoms with Gasteiger partial charge in [-0.25, -0.2) is 9.37 Å². The molecule has 25 heavy (non-hydrogen) atoms. The maximum atomic E-state index is 13.2. The second-order valence-corrected chi connectivity index (χ2v) is 7.48. The van der Waals surface area contributed by atoms with Crippen molar-refractivity contribution in [3.8, 4) is 0 Å². The molecule has 1 aromatic carbocycles. The van der Waals surface area contributed by atoms with Crippen LogP contribution in [0.5, 0.6) is 0 Å². The molecule has 0 saturated heterocycles. The van der Waals surface area contributed by atoms with Crippen LogP contribution in [0.15, 0.2) is 34.9 Å². The molecule has 1 aliphatic carbocycles. The Labute approximate surface area is 147 Å². The largest absolute Gasteiger partial charge is 0.446 e. The van der Waals surface area contributed by atoms with Crippen molar-refractivity contribution in [2.45, 2.75) is 63.8 Å². The monoisotopic (exact) mass is 344 g/mol. The quantitative estimate of drug-likeness (QED) is 0.824. The molecule has 4 nitrogen and oxygen atoms in total. The highest BCUT2D eigenvalue weighted by Gasteiger charge is 2.55. The minimum Gasteiger partial charge on any atom is -0.446 e. The normalized spacial score (nSPS) is 15.8. The molecule has 2 aromatic rings. The van der Waals surface area contributed by atoms with Crippen LogP contribution in [0.2, 0.25) is 0 Å². The summed E-state index contributed by atoms with van der Waals surface area (Å²) in [6.07, 6.45) is 5.40. The van der Waals surface area contributed by atoms with Crippen molar-refractivity contribution in [3.63, 3.8) is 0 Å². The number of halogens is 1. The molecule has 1 fully saturated rings. The van der Waals surface area contributed by atoms with E-state index in [9.17, 15) is 9.18 Å². The van der Waals surface area contributed by atoms with Crippen molar-refractivity contribution in [2.24, 2.45) is 0 Å². The van der Waals surface area contributed by atoms with Crippen LogP contribution in [-0.4, -0.2) is 16.4 Å². The molecule has 3 rings (SSSR count). The summed E-state index contributed by atoms with van der Waals surface area (Å²) in [6.45, 7) is 6.09. The minimum absolute atomic E-state index is 0.0518. The van der Waals surface area contributed by atoms with Crippen LogP contribution in [0.25, 0.3) is 0 Å². The van der Waals surface area contributed by atoms with E-state index in [2.05, 4.69) is 24.1 Å². The van der Waals surface area contributed by atoms with Gasteiger partial charge in [0.15, 0.2) is 5.89 Å². The molecule has 0 atom stereocenters. The van der Waals surface area contributed by atoms with E-state index in [-0.39, 0.29) is 22.7 Å². The number of rotatable bonds is 7. The zero-order valence-electron chi connectivity index (χ0n) is 15.1. The molecule has 1 aromatic heterocycles. The molecule has 1 saturated carbocycles. The average Bonchev–Trinajstić information content (AvgIpc) is 3.23. The molecule has 1 aliphatic rings. The van der Waals surface area contributed by atoms with Gasteiger partial charge in [-0.1, -0.05) is 26.0 Å². The number of nitrogens with zero attached hydrogens (tertiary/aromatic N) is 1. The van der Waals surface area contributed by atoms with E-state index in [1.807, 2.05) is 19.1 Å². The van der Waals surface area contributed by atoms with E-state index in [4.69, 9.17) is 4.42 Å². The zero-order valence-corrected chi connectivity index (χ0v) is 15.1. The fourth-order valence-electron chi connectivity index (χ4n) is 3.42. The number of carbonyl (C=O) groups is 1. The topological polar surface area (TPSA) is 55.1 Å². The maximum Gasteiger partial charge on any atom is 0.220 e. The van der Waals surface area contributed by atoms with Gasteiger partial charge in [0.2, 0.25) is 5.91 Å². The van der Waals surface area contributed by atoms with Gasteiger partial charge in [-0.15, -0.1) is 0 Å². The van der Waals surface area contributed by atoms with Crippen LogP contribution >= 0.6 is 0 Å². The number of amides is 1. The highest BCUT2D eigenvalue weighted by atomic mass is 19.1. The van der Waals surface area contributed by atoms with E-state index < -0.39 is 0 Å². The molecular weight excluding hydrogens is 319 g/mol. The Hall–Kier alpha value is -2.17. The predicted molar refractivity (Wildman–Crippen MR) is 93.7 cm³/mol. The number of carbonyl (C=O) groups excluding carboxylic acids is 1. The lowest BCUT2D eigenvalue weighted by Crippen LogP contribution is -2.50. The first-order valence-electron chi connectivity index (χ1n) is 8.81. The van der Waals surface area contributed by atoms with Gasteiger partial charge in [0.1, 0.15) is 11.6 Å². The molecule has 0 spiro atoms. The second-order valence-electron chi connectivity index (χ2n) is 7.48. The first-order chi connectivity index (χ1) is 11.8. The number of hydrogen-bond acceptors (Lipinski definition) is 3. The van der Waals surface area contributed by atoms with Crippen LogP contribution in [0, 0.1) is 12.7 Å². The summed E-state index contributed by atoms with van der Waals surface area (Å²) in [6, 6.07) is 6.58. The Morgan fingerprint density at radius 2 is 2.00 bits per heavy atom. The Kier molecular flexibility index (Phi) is 4.67. The van der Waals surface area contributed by atoms with E-state index in [1.54, 1.807) is 6.20 Å². The lowest BCUT2D eigenvalue weighted by Gasteiger charge is -2.36. The fraction of sp³-hybridized carbons (Fsp3) is 0.500. The Morgan fingerprint density at radius 3 is 2.56 bits per heavy atom. The van der Waals surface area contributed by atoms with Gasteiger partial charge in [-0.2, -0.15) is 0 Å². The van der Waals surface area contributed by atoms with Crippen molar-refractivity contribution in [1.82, 2.24) is 10.3 Å². The van der Waals surface area contributed by atoms with E-state index in [1.165, 1.54) is 12.1 Å². The van der Waals surface area contributed by atoms with Gasteiger partial charge < -0.3 is 9.73 Å². The lowest BCUT2D eigenvalue weighted by atomic mass is 9.75. The summed E-state index contributed by atoms with van der Waals surface area (Å²) < 4.78 is 18.6. The molecule has 1 N–H and O–H groups in total. The summed E-state index contributed by atoms with van der Waals surface area (Å²) >= 11 is 0. The van der Waals surface area contributed by atoms with Crippen LogP contribution in [-0.2, 0) is 16.6 Å². The Balaban J connectivity index is 1.57. The third-order valence-corrected chi connectivity index (χ3v) is 5.35. The second kappa shape index (κ2) is 6.62. The lowest BCUT2D eigenvalue weighted by molar-refractivity contribution is -0.122. The number of hydrogen-bond donors (Lipinski definition) is 1. The van der Waals surface area contributed by atoms with Crippen LogP contribution < -0.4 is 5.32 Å². The van der Waals surface area contributed by atoms with E-state index in [0.717, 1.165) is 24.2 Å². The molecule has 134 valence electrons. The Morgan fingerprint density at radius 1 is 1.32 bits per heavy atom. The number of oxazole rings is 1. The van der Waals surface area contributed by atoms with Gasteiger partial charge in [0.05, 0.1) is 6.20 Å². The summed E-state index contributed by atoms with van der Waals surface area (Å²) in [5.41, 5.74) is 0.569. The summed E-state index contributed by atoms with van der Waals surface area (Å²) in [5.74, 6) is 1.28. The first-order valence-corrected chi connectivity index (χ1v) is 8.81.